The lowest BCUT2D eigenvalue weighted by atomic mass is 9.67. The molecular weight excluding hydrogens is 835 g/mol. The van der Waals surface area contributed by atoms with Crippen LogP contribution in [0.1, 0.15) is 111 Å². The molecule has 9 aromatic rings. The minimum atomic E-state index is -0.618. The first kappa shape index (κ1) is 44.1. The minimum Gasteiger partial charge on any atom is -0.489 e. The number of fused-ring (bicyclic) bond motifs is 6. The van der Waals surface area contributed by atoms with Crippen molar-refractivity contribution in [3.8, 4) is 39.1 Å². The third-order valence-electron chi connectivity index (χ3n) is 15.4. The molecule has 11 rings (SSSR count). The molecule has 0 heterocycles. The van der Waals surface area contributed by atoms with Crippen molar-refractivity contribution >= 4 is 17.1 Å². The van der Waals surface area contributed by atoms with Crippen molar-refractivity contribution in [2.45, 2.75) is 83.7 Å². The van der Waals surface area contributed by atoms with Gasteiger partial charge in [0.05, 0.1) is 5.41 Å². The number of anilines is 3. The highest BCUT2D eigenvalue weighted by Gasteiger charge is 2.47. The first-order valence-electron chi connectivity index (χ1n) is 24.8. The summed E-state index contributed by atoms with van der Waals surface area (Å²) >= 11 is 0. The summed E-state index contributed by atoms with van der Waals surface area (Å²) in [6.45, 7) is 16.7. The zero-order valence-electron chi connectivity index (χ0n) is 41.1. The molecule has 2 atom stereocenters. The number of nitrogens with zero attached hydrogens (tertiary/aromatic N) is 1. The summed E-state index contributed by atoms with van der Waals surface area (Å²) in [6, 6.07) is 79.3. The van der Waals surface area contributed by atoms with E-state index in [2.05, 4.69) is 266 Å². The number of hydrogen-bond donors (Lipinski definition) is 0. The molecule has 0 fully saturated rings. The third-order valence-corrected chi connectivity index (χ3v) is 15.4. The predicted octanol–water partition coefficient (Wildman–Crippen LogP) is 17.9. The minimum absolute atomic E-state index is 0.0142. The molecule has 9 aromatic carbocycles. The number of benzene rings is 9. The van der Waals surface area contributed by atoms with E-state index in [0.29, 0.717) is 12.5 Å². The molecule has 0 amide bonds. The van der Waals surface area contributed by atoms with Crippen molar-refractivity contribution in [2.75, 3.05) is 4.90 Å². The van der Waals surface area contributed by atoms with Gasteiger partial charge >= 0.3 is 0 Å². The van der Waals surface area contributed by atoms with Gasteiger partial charge in [-0.25, -0.2) is 0 Å². The van der Waals surface area contributed by atoms with Gasteiger partial charge < -0.3 is 9.64 Å². The van der Waals surface area contributed by atoms with Crippen LogP contribution in [0.3, 0.4) is 0 Å². The second-order valence-corrected chi connectivity index (χ2v) is 20.9. The van der Waals surface area contributed by atoms with Gasteiger partial charge in [0.2, 0.25) is 0 Å². The Kier molecular flexibility index (Phi) is 11.0. The van der Waals surface area contributed by atoms with E-state index in [1.807, 2.05) is 0 Å². The van der Waals surface area contributed by atoms with Gasteiger partial charge in [-0.2, -0.15) is 0 Å². The van der Waals surface area contributed by atoms with Crippen LogP contribution in [0, 0.1) is 0 Å². The van der Waals surface area contributed by atoms with Crippen LogP contribution in [0.4, 0.5) is 17.1 Å². The second-order valence-electron chi connectivity index (χ2n) is 20.9. The zero-order valence-corrected chi connectivity index (χ0v) is 41.1. The first-order valence-corrected chi connectivity index (χ1v) is 24.8. The summed E-state index contributed by atoms with van der Waals surface area (Å²) in [4.78, 5) is 2.47. The summed E-state index contributed by atoms with van der Waals surface area (Å²) in [5.41, 5.74) is 21.7. The van der Waals surface area contributed by atoms with Gasteiger partial charge in [-0.05, 0) is 150 Å². The quantitative estimate of drug-likeness (QED) is 0.128. The summed E-state index contributed by atoms with van der Waals surface area (Å²) in [6.07, 6.45) is 1.13. The number of rotatable bonds is 11. The predicted molar refractivity (Wildman–Crippen MR) is 290 cm³/mol. The summed E-state index contributed by atoms with van der Waals surface area (Å²) in [7, 11) is 0. The van der Waals surface area contributed by atoms with Crippen LogP contribution in [0.5, 0.6) is 5.75 Å². The van der Waals surface area contributed by atoms with Gasteiger partial charge in [-0.1, -0.05) is 212 Å². The van der Waals surface area contributed by atoms with Crippen molar-refractivity contribution in [1.29, 1.82) is 0 Å². The molecule has 0 aliphatic heterocycles. The molecule has 2 nitrogen and oxygen atoms in total. The van der Waals surface area contributed by atoms with E-state index < -0.39 is 5.41 Å². The maximum atomic E-state index is 6.51. The van der Waals surface area contributed by atoms with Crippen LogP contribution < -0.4 is 9.64 Å². The number of ether oxygens (including phenoxy) is 1. The topological polar surface area (TPSA) is 12.5 Å². The summed E-state index contributed by atoms with van der Waals surface area (Å²) < 4.78 is 6.51. The Hall–Kier alpha value is -7.42. The Balaban J connectivity index is 1.07. The fourth-order valence-corrected chi connectivity index (χ4v) is 11.3. The molecule has 69 heavy (non-hydrogen) atoms. The molecule has 2 heteroatoms. The van der Waals surface area contributed by atoms with Gasteiger partial charge in [-0.15, -0.1) is 0 Å². The molecule has 2 aliphatic rings. The van der Waals surface area contributed by atoms with Crippen LogP contribution >= 0.6 is 0 Å². The SMILES string of the molecule is CCC(C)c1ccc(COc2ccc(C3(c4ccc(C(C)(C)C)cc4)c4ccccc4-c4ccc(N(c5ccc(-c6ccccc6)cc5)c5ccc6c(c5)C(C)(C)c5ccccc5-6)cc43)cc2)cc1. The molecule has 340 valence electrons. The Bertz CT molecular complexity index is 3300. The number of hydrogen-bond acceptors (Lipinski definition) is 2. The standard InChI is InChI=1S/C67H61NO/c1-8-45(2)47-24-22-46(23-25-47)44-69-56-38-32-52(33-39-56)67(51-30-28-50(29-31-51)65(3,4)5)62-21-15-13-19-58(62)60-41-37-55(43-64(60)67)68(53-34-26-49(27-35-53)48-16-10-9-11-17-48)54-36-40-59-57-18-12-14-20-61(57)66(6,7)63(59)42-54/h9-43,45H,8,44H2,1-7H3. The molecule has 0 aromatic heterocycles. The van der Waals surface area contributed by atoms with Crippen molar-refractivity contribution in [2.24, 2.45) is 0 Å². The maximum absolute atomic E-state index is 6.51. The molecule has 0 radical (unpaired) electrons. The van der Waals surface area contributed by atoms with E-state index in [-0.39, 0.29) is 10.8 Å². The van der Waals surface area contributed by atoms with E-state index >= 15 is 0 Å². The largest absolute Gasteiger partial charge is 0.489 e. The van der Waals surface area contributed by atoms with Gasteiger partial charge in [0.15, 0.2) is 0 Å². The lowest BCUT2D eigenvalue weighted by molar-refractivity contribution is 0.306. The lowest BCUT2D eigenvalue weighted by Gasteiger charge is -2.35. The molecule has 0 N–H and O–H groups in total. The van der Waals surface area contributed by atoms with Crippen molar-refractivity contribution in [3.05, 3.63) is 262 Å². The van der Waals surface area contributed by atoms with Crippen LogP contribution in [0.2, 0.25) is 0 Å². The van der Waals surface area contributed by atoms with E-state index in [4.69, 9.17) is 4.74 Å². The highest BCUT2D eigenvalue weighted by Crippen LogP contribution is 2.58. The average Bonchev–Trinajstić information content (AvgIpc) is 3.81. The lowest BCUT2D eigenvalue weighted by Crippen LogP contribution is -2.29. The Morgan fingerprint density at radius 3 is 1.61 bits per heavy atom. The Labute approximate surface area is 409 Å². The van der Waals surface area contributed by atoms with Gasteiger partial charge in [0.25, 0.3) is 0 Å². The summed E-state index contributed by atoms with van der Waals surface area (Å²) in [5, 5.41) is 0. The summed E-state index contributed by atoms with van der Waals surface area (Å²) in [5.74, 6) is 1.40. The fourth-order valence-electron chi connectivity index (χ4n) is 11.3. The van der Waals surface area contributed by atoms with Crippen LogP contribution in [0.15, 0.2) is 212 Å². The maximum Gasteiger partial charge on any atom is 0.119 e. The smallest absolute Gasteiger partial charge is 0.119 e. The van der Waals surface area contributed by atoms with Gasteiger partial charge in [0.1, 0.15) is 12.4 Å². The van der Waals surface area contributed by atoms with Crippen LogP contribution in [0.25, 0.3) is 33.4 Å². The molecular formula is C67H61NO. The van der Waals surface area contributed by atoms with Crippen LogP contribution in [-0.4, -0.2) is 0 Å². The zero-order chi connectivity index (χ0) is 47.5. The molecule has 0 spiro atoms. The molecule has 0 bridgehead atoms. The van der Waals surface area contributed by atoms with Gasteiger partial charge in [0, 0.05) is 22.5 Å². The Morgan fingerprint density at radius 2 is 0.986 bits per heavy atom. The monoisotopic (exact) mass is 895 g/mol. The highest BCUT2D eigenvalue weighted by molar-refractivity contribution is 5.91. The van der Waals surface area contributed by atoms with Crippen molar-refractivity contribution < 1.29 is 4.74 Å². The fraction of sp³-hybridized carbons (Fsp3) is 0.194. The molecule has 0 saturated heterocycles. The van der Waals surface area contributed by atoms with E-state index in [9.17, 15) is 0 Å². The van der Waals surface area contributed by atoms with E-state index in [0.717, 1.165) is 29.2 Å². The van der Waals surface area contributed by atoms with Crippen LogP contribution in [-0.2, 0) is 22.9 Å². The van der Waals surface area contributed by atoms with E-state index in [1.54, 1.807) is 0 Å². The van der Waals surface area contributed by atoms with Gasteiger partial charge in [-0.3, -0.25) is 0 Å². The highest BCUT2D eigenvalue weighted by atomic mass is 16.5. The average molecular weight is 896 g/mol. The first-order chi connectivity index (χ1) is 33.4. The normalized spacial score (nSPS) is 15.7. The van der Waals surface area contributed by atoms with Crippen molar-refractivity contribution in [1.82, 2.24) is 0 Å². The molecule has 2 aliphatic carbocycles. The van der Waals surface area contributed by atoms with E-state index in [1.165, 1.54) is 83.5 Å². The third kappa shape index (κ3) is 7.58. The molecule has 0 saturated carbocycles. The molecule has 2 unspecified atom stereocenters. The second kappa shape index (κ2) is 17.3. The Morgan fingerprint density at radius 1 is 0.478 bits per heavy atom. The van der Waals surface area contributed by atoms with Crippen molar-refractivity contribution in [3.63, 3.8) is 0 Å².